The fraction of sp³-hybridized carbons (Fsp3) is 0.200. The molecule has 0 spiro atoms. The van der Waals surface area contributed by atoms with Gasteiger partial charge in [0, 0.05) is 10.9 Å². The second kappa shape index (κ2) is 8.02. The summed E-state index contributed by atoms with van der Waals surface area (Å²) in [4.78, 5) is 16.7. The molecule has 1 heterocycles. The molecule has 7 heteroatoms. The van der Waals surface area contributed by atoms with Gasteiger partial charge in [-0.25, -0.2) is 9.19 Å². The molecule has 0 aliphatic heterocycles. The lowest BCUT2D eigenvalue weighted by Gasteiger charge is -2.05. The van der Waals surface area contributed by atoms with Crippen LogP contribution in [0.5, 0.6) is 0 Å². The normalized spacial score (nSPS) is 14.5. The molecule has 4 rings (SSSR count). The summed E-state index contributed by atoms with van der Waals surface area (Å²) < 4.78 is 14.8. The Hall–Kier alpha value is -2.51. The van der Waals surface area contributed by atoms with E-state index in [1.165, 1.54) is 11.3 Å². The van der Waals surface area contributed by atoms with Crippen LogP contribution in [-0.2, 0) is 17.5 Å². The van der Waals surface area contributed by atoms with E-state index in [2.05, 4.69) is 15.0 Å². The highest BCUT2D eigenvalue weighted by Gasteiger charge is 2.29. The van der Waals surface area contributed by atoms with Gasteiger partial charge in [-0.2, -0.15) is 0 Å². The molecule has 1 unspecified atom stereocenters. The van der Waals surface area contributed by atoms with Crippen LogP contribution < -0.4 is 10.0 Å². The van der Waals surface area contributed by atoms with E-state index in [1.54, 1.807) is 0 Å². The lowest BCUT2D eigenvalue weighted by molar-refractivity contribution is 0.0950. The number of benzene rings is 2. The van der Waals surface area contributed by atoms with E-state index in [-0.39, 0.29) is 11.2 Å². The summed E-state index contributed by atoms with van der Waals surface area (Å²) in [5, 5.41) is 5.64. The van der Waals surface area contributed by atoms with Crippen molar-refractivity contribution in [1.82, 2.24) is 10.3 Å². The van der Waals surface area contributed by atoms with Gasteiger partial charge in [0.1, 0.15) is 11.0 Å². The summed E-state index contributed by atoms with van der Waals surface area (Å²) in [7, 11) is -1.05. The van der Waals surface area contributed by atoms with Gasteiger partial charge in [0.15, 0.2) is 5.13 Å². The van der Waals surface area contributed by atoms with Gasteiger partial charge in [-0.05, 0) is 36.1 Å². The summed E-state index contributed by atoms with van der Waals surface area (Å²) in [5.41, 5.74) is 3.56. The van der Waals surface area contributed by atoms with Crippen molar-refractivity contribution in [2.24, 2.45) is 0 Å². The first kappa shape index (κ1) is 17.9. The van der Waals surface area contributed by atoms with Crippen LogP contribution in [0.4, 0.5) is 5.13 Å². The first-order valence-electron chi connectivity index (χ1n) is 8.74. The minimum absolute atomic E-state index is 0.140. The van der Waals surface area contributed by atoms with Crippen LogP contribution in [-0.4, -0.2) is 20.3 Å². The Kier molecular flexibility index (Phi) is 5.31. The molecule has 1 aliphatic carbocycles. The highest BCUT2D eigenvalue weighted by Crippen LogP contribution is 2.28. The molecule has 2 N–H and O–H groups in total. The van der Waals surface area contributed by atoms with Crippen LogP contribution in [0, 0.1) is 0 Å². The molecule has 1 amide bonds. The Bertz CT molecular complexity index is 951. The summed E-state index contributed by atoms with van der Waals surface area (Å²) in [6.07, 6.45) is 2.02. The maximum Gasteiger partial charge on any atom is 0.251 e. The van der Waals surface area contributed by atoms with E-state index in [0.717, 1.165) is 29.7 Å². The molecule has 0 radical (unpaired) electrons. The second-order valence-electron chi connectivity index (χ2n) is 6.37. The Labute approximate surface area is 164 Å². The Morgan fingerprint density at radius 1 is 1.07 bits per heavy atom. The number of carbonyl (C=O) groups excluding carboxylic acids is 1. The molecule has 27 heavy (non-hydrogen) atoms. The van der Waals surface area contributed by atoms with Crippen molar-refractivity contribution in [2.75, 3.05) is 4.72 Å². The van der Waals surface area contributed by atoms with Crippen molar-refractivity contribution in [3.05, 3.63) is 71.2 Å². The van der Waals surface area contributed by atoms with Gasteiger partial charge in [-0.3, -0.25) is 9.52 Å². The largest absolute Gasteiger partial charge is 0.346 e. The van der Waals surface area contributed by atoms with E-state index < -0.39 is 11.0 Å². The number of hydrogen-bond donors (Lipinski definition) is 2. The third-order valence-corrected chi connectivity index (χ3v) is 6.66. The molecular formula is C20H19N3O2S2. The molecule has 2 aromatic carbocycles. The minimum Gasteiger partial charge on any atom is -0.346 e. The van der Waals surface area contributed by atoms with Crippen molar-refractivity contribution in [1.29, 1.82) is 0 Å². The standard InChI is InChI=1S/C20H19N3O2S2/c24-19(16-8-6-15(7-9-16)14-4-2-1-3-5-14)21-12-17-13-26-20(22-17)23-27(25)18-10-11-18/h1-9,13,18H,10-12H2,(H,21,24)(H,22,23). The smallest absolute Gasteiger partial charge is 0.251 e. The molecule has 1 fully saturated rings. The van der Waals surface area contributed by atoms with Crippen LogP contribution in [0.2, 0.25) is 0 Å². The quantitative estimate of drug-likeness (QED) is 0.633. The van der Waals surface area contributed by atoms with Crippen LogP contribution in [0.1, 0.15) is 28.9 Å². The first-order chi connectivity index (χ1) is 13.2. The van der Waals surface area contributed by atoms with E-state index >= 15 is 0 Å². The highest BCUT2D eigenvalue weighted by molar-refractivity contribution is 7.87. The molecule has 0 bridgehead atoms. The molecule has 0 saturated heterocycles. The number of rotatable bonds is 7. The second-order valence-corrected chi connectivity index (χ2v) is 8.69. The topological polar surface area (TPSA) is 71.1 Å². The average Bonchev–Trinajstić information content (AvgIpc) is 3.48. The molecule has 1 atom stereocenters. The highest BCUT2D eigenvalue weighted by atomic mass is 32.2. The lowest BCUT2D eigenvalue weighted by Crippen LogP contribution is -2.22. The number of aromatic nitrogens is 1. The van der Waals surface area contributed by atoms with Crippen LogP contribution >= 0.6 is 11.3 Å². The minimum atomic E-state index is -1.05. The number of nitrogens with one attached hydrogen (secondary N) is 2. The summed E-state index contributed by atoms with van der Waals surface area (Å²) in [5.74, 6) is -0.140. The van der Waals surface area contributed by atoms with Gasteiger partial charge in [0.2, 0.25) is 0 Å². The fourth-order valence-electron chi connectivity index (χ4n) is 2.60. The molecule has 5 nitrogen and oxygen atoms in total. The predicted molar refractivity (Wildman–Crippen MR) is 110 cm³/mol. The van der Waals surface area contributed by atoms with Crippen LogP contribution in [0.15, 0.2) is 60.0 Å². The molecule has 1 saturated carbocycles. The maximum atomic E-state index is 12.3. The maximum absolute atomic E-state index is 12.3. The SMILES string of the molecule is O=C(NCc1csc(NS(=O)C2CC2)n1)c1ccc(-c2ccccc2)cc1. The average molecular weight is 398 g/mol. The third kappa shape index (κ3) is 4.61. The molecule has 138 valence electrons. The molecule has 3 aromatic rings. The zero-order valence-electron chi connectivity index (χ0n) is 14.6. The fourth-order valence-corrected chi connectivity index (χ4v) is 4.55. The Morgan fingerprint density at radius 2 is 1.78 bits per heavy atom. The van der Waals surface area contributed by atoms with E-state index in [1.807, 2.05) is 60.0 Å². The van der Waals surface area contributed by atoms with Crippen molar-refractivity contribution < 1.29 is 9.00 Å². The van der Waals surface area contributed by atoms with Gasteiger partial charge >= 0.3 is 0 Å². The van der Waals surface area contributed by atoms with E-state index in [9.17, 15) is 9.00 Å². The summed E-state index contributed by atoms with van der Waals surface area (Å²) in [6.45, 7) is 0.341. The van der Waals surface area contributed by atoms with Gasteiger partial charge in [-0.15, -0.1) is 11.3 Å². The van der Waals surface area contributed by atoms with Crippen molar-refractivity contribution in [3.63, 3.8) is 0 Å². The molecule has 1 aromatic heterocycles. The van der Waals surface area contributed by atoms with Crippen LogP contribution in [0.3, 0.4) is 0 Å². The van der Waals surface area contributed by atoms with E-state index in [4.69, 9.17) is 0 Å². The number of hydrogen-bond acceptors (Lipinski definition) is 4. The first-order valence-corrected chi connectivity index (χ1v) is 10.8. The van der Waals surface area contributed by atoms with Crippen molar-refractivity contribution in [3.8, 4) is 11.1 Å². The third-order valence-electron chi connectivity index (χ3n) is 4.25. The number of carbonyl (C=O) groups is 1. The Balaban J connectivity index is 1.32. The lowest BCUT2D eigenvalue weighted by atomic mass is 10.0. The summed E-state index contributed by atoms with van der Waals surface area (Å²) >= 11 is 1.40. The van der Waals surface area contributed by atoms with Crippen molar-refractivity contribution in [2.45, 2.75) is 24.6 Å². The van der Waals surface area contributed by atoms with E-state index in [0.29, 0.717) is 17.2 Å². The van der Waals surface area contributed by atoms with Gasteiger partial charge in [-0.1, -0.05) is 42.5 Å². The summed E-state index contributed by atoms with van der Waals surface area (Å²) in [6, 6.07) is 17.6. The number of thiazole rings is 1. The zero-order valence-corrected chi connectivity index (χ0v) is 16.2. The zero-order chi connectivity index (χ0) is 18.6. The number of anilines is 1. The van der Waals surface area contributed by atoms with Gasteiger partial charge < -0.3 is 5.32 Å². The Morgan fingerprint density at radius 3 is 2.48 bits per heavy atom. The van der Waals surface area contributed by atoms with Gasteiger partial charge in [0.05, 0.1) is 17.5 Å². The monoisotopic (exact) mass is 397 g/mol. The number of nitrogens with zero attached hydrogens (tertiary/aromatic N) is 1. The number of amides is 1. The van der Waals surface area contributed by atoms with Crippen molar-refractivity contribution >= 4 is 33.4 Å². The molecule has 1 aliphatic rings. The molecular weight excluding hydrogens is 378 g/mol. The van der Waals surface area contributed by atoms with Crippen LogP contribution in [0.25, 0.3) is 11.1 Å². The predicted octanol–water partition coefficient (Wildman–Crippen LogP) is 3.98. The van der Waals surface area contributed by atoms with Gasteiger partial charge in [0.25, 0.3) is 5.91 Å².